The van der Waals surface area contributed by atoms with Crippen LogP contribution in [0.5, 0.6) is 0 Å². The molecule has 12 heteroatoms. The van der Waals surface area contributed by atoms with E-state index in [9.17, 15) is 13.2 Å². The van der Waals surface area contributed by atoms with Crippen LogP contribution in [-0.2, 0) is 10.9 Å². The number of ether oxygens (including phenoxy) is 1. The lowest BCUT2D eigenvalue weighted by molar-refractivity contribution is -0.141. The number of rotatable bonds is 3. The van der Waals surface area contributed by atoms with Gasteiger partial charge in [-0.1, -0.05) is 0 Å². The highest BCUT2D eigenvalue weighted by Crippen LogP contribution is 2.32. The van der Waals surface area contributed by atoms with E-state index in [-0.39, 0.29) is 6.10 Å². The van der Waals surface area contributed by atoms with Gasteiger partial charge in [0.15, 0.2) is 5.65 Å². The maximum atomic E-state index is 13.0. The van der Waals surface area contributed by atoms with Crippen molar-refractivity contribution in [2.75, 3.05) is 24.6 Å². The number of fused-ring (bicyclic) bond motifs is 1. The largest absolute Gasteiger partial charge is 0.433 e. The van der Waals surface area contributed by atoms with Crippen molar-refractivity contribution in [3.63, 3.8) is 0 Å². The van der Waals surface area contributed by atoms with Gasteiger partial charge in [-0.2, -0.15) is 18.2 Å². The third-order valence-corrected chi connectivity index (χ3v) is 5.78. The smallest absolute Gasteiger partial charge is 0.370 e. The predicted molar refractivity (Wildman–Crippen MR) is 121 cm³/mol. The summed E-state index contributed by atoms with van der Waals surface area (Å²) in [7, 11) is 0. The lowest BCUT2D eigenvalue weighted by Crippen LogP contribution is -2.39. The Hall–Kier alpha value is -3.80. The van der Waals surface area contributed by atoms with E-state index in [2.05, 4.69) is 29.9 Å². The van der Waals surface area contributed by atoms with Crippen molar-refractivity contribution in [1.29, 1.82) is 0 Å². The number of anilines is 1. The van der Waals surface area contributed by atoms with Crippen LogP contribution < -0.4 is 4.90 Å². The summed E-state index contributed by atoms with van der Waals surface area (Å²) in [5, 5.41) is 0. The van der Waals surface area contributed by atoms with Crippen molar-refractivity contribution < 1.29 is 17.9 Å². The van der Waals surface area contributed by atoms with Gasteiger partial charge in [0, 0.05) is 36.3 Å². The number of nitrogens with zero attached hydrogens (tertiary/aromatic N) is 8. The maximum absolute atomic E-state index is 13.0. The first-order chi connectivity index (χ1) is 16.7. The highest BCUT2D eigenvalue weighted by atomic mass is 19.4. The van der Waals surface area contributed by atoms with Gasteiger partial charge in [0.25, 0.3) is 0 Å². The van der Waals surface area contributed by atoms with E-state index < -0.39 is 11.9 Å². The zero-order chi connectivity index (χ0) is 24.7. The second-order valence-corrected chi connectivity index (χ2v) is 8.24. The first-order valence-corrected chi connectivity index (χ1v) is 10.9. The van der Waals surface area contributed by atoms with Crippen LogP contribution in [0.4, 0.5) is 19.1 Å². The molecule has 0 unspecified atom stereocenters. The molecule has 4 aromatic rings. The van der Waals surface area contributed by atoms with Crippen LogP contribution in [0.25, 0.3) is 22.4 Å². The van der Waals surface area contributed by atoms with Crippen molar-refractivity contribution in [3.05, 3.63) is 59.2 Å². The summed E-state index contributed by atoms with van der Waals surface area (Å²) in [5.41, 5.74) is 2.75. The van der Waals surface area contributed by atoms with Crippen LogP contribution in [0.2, 0.25) is 0 Å². The summed E-state index contributed by atoms with van der Waals surface area (Å²) in [5.74, 6) is 1.05. The van der Waals surface area contributed by atoms with Crippen molar-refractivity contribution in [2.24, 2.45) is 0 Å². The number of alkyl halides is 3. The fourth-order valence-electron chi connectivity index (χ4n) is 3.75. The SMILES string of the molecule is Cc1ncc([C@H]2CN(c3nc(-c4ccc(C(F)(F)F)nc4)c4nc(C)c(C)nc4n3)CCO2)cn1. The van der Waals surface area contributed by atoms with Gasteiger partial charge >= 0.3 is 6.18 Å². The fourth-order valence-corrected chi connectivity index (χ4v) is 3.75. The quantitative estimate of drug-likeness (QED) is 0.431. The van der Waals surface area contributed by atoms with Gasteiger partial charge in [0.2, 0.25) is 5.95 Å². The molecule has 0 radical (unpaired) electrons. The number of hydrogen-bond acceptors (Lipinski definition) is 9. The molecule has 0 N–H and O–H groups in total. The van der Waals surface area contributed by atoms with Crippen LogP contribution in [0.3, 0.4) is 0 Å². The van der Waals surface area contributed by atoms with E-state index >= 15 is 0 Å². The van der Waals surface area contributed by atoms with Gasteiger partial charge in [0.1, 0.15) is 28.8 Å². The number of aromatic nitrogens is 7. The van der Waals surface area contributed by atoms with Crippen molar-refractivity contribution in [3.8, 4) is 11.3 Å². The monoisotopic (exact) mass is 482 g/mol. The third kappa shape index (κ3) is 4.61. The maximum Gasteiger partial charge on any atom is 0.433 e. The summed E-state index contributed by atoms with van der Waals surface area (Å²) in [6, 6.07) is 2.27. The first-order valence-electron chi connectivity index (χ1n) is 10.9. The molecule has 0 amide bonds. The molecular formula is C23H21F3N8O. The second-order valence-electron chi connectivity index (χ2n) is 8.24. The molecular weight excluding hydrogens is 461 g/mol. The summed E-state index contributed by atoms with van der Waals surface area (Å²) >= 11 is 0. The number of aryl methyl sites for hydroxylation is 3. The van der Waals surface area contributed by atoms with Crippen LogP contribution in [0.1, 0.15) is 34.6 Å². The van der Waals surface area contributed by atoms with Gasteiger partial charge in [0.05, 0.1) is 24.5 Å². The van der Waals surface area contributed by atoms with Crippen LogP contribution >= 0.6 is 0 Å². The molecule has 0 aromatic carbocycles. The molecule has 1 aliphatic heterocycles. The minimum Gasteiger partial charge on any atom is -0.370 e. The molecule has 1 aliphatic rings. The Morgan fingerprint density at radius 2 is 1.66 bits per heavy atom. The summed E-state index contributed by atoms with van der Waals surface area (Å²) in [6.07, 6.45) is -0.209. The Kier molecular flexibility index (Phi) is 5.75. The molecule has 0 saturated carbocycles. The summed E-state index contributed by atoms with van der Waals surface area (Å²) < 4.78 is 45.0. The van der Waals surface area contributed by atoms with E-state index in [0.29, 0.717) is 65.3 Å². The number of hydrogen-bond donors (Lipinski definition) is 0. The van der Waals surface area contributed by atoms with E-state index in [4.69, 9.17) is 9.72 Å². The Bertz CT molecular complexity index is 1380. The first kappa shape index (κ1) is 23.0. The van der Waals surface area contributed by atoms with Crippen LogP contribution in [0, 0.1) is 20.8 Å². The lowest BCUT2D eigenvalue weighted by atomic mass is 10.1. The molecule has 4 aromatic heterocycles. The summed E-state index contributed by atoms with van der Waals surface area (Å²) in [4.78, 5) is 32.5. The number of halogens is 3. The van der Waals surface area contributed by atoms with Gasteiger partial charge in [-0.25, -0.2) is 24.9 Å². The highest BCUT2D eigenvalue weighted by molar-refractivity contribution is 5.87. The zero-order valence-electron chi connectivity index (χ0n) is 19.2. The zero-order valence-corrected chi connectivity index (χ0v) is 19.2. The number of pyridine rings is 1. The summed E-state index contributed by atoms with van der Waals surface area (Å²) in [6.45, 7) is 6.84. The second kappa shape index (κ2) is 8.77. The van der Waals surface area contributed by atoms with Gasteiger partial charge in [-0.05, 0) is 32.9 Å². The van der Waals surface area contributed by atoms with Crippen molar-refractivity contribution in [1.82, 2.24) is 34.9 Å². The van der Waals surface area contributed by atoms with Crippen molar-refractivity contribution in [2.45, 2.75) is 33.1 Å². The molecule has 1 atom stereocenters. The molecule has 35 heavy (non-hydrogen) atoms. The van der Waals surface area contributed by atoms with E-state index in [1.54, 1.807) is 19.3 Å². The lowest BCUT2D eigenvalue weighted by Gasteiger charge is -2.33. The average Bonchev–Trinajstić information content (AvgIpc) is 2.84. The van der Waals surface area contributed by atoms with Crippen LogP contribution in [0.15, 0.2) is 30.7 Å². The van der Waals surface area contributed by atoms with Crippen molar-refractivity contribution >= 4 is 17.1 Å². The van der Waals surface area contributed by atoms with E-state index in [1.165, 1.54) is 6.07 Å². The molecule has 0 spiro atoms. The molecule has 5 heterocycles. The third-order valence-electron chi connectivity index (χ3n) is 5.78. The minimum atomic E-state index is -4.53. The van der Waals surface area contributed by atoms with Gasteiger partial charge in [-0.15, -0.1) is 0 Å². The molecule has 9 nitrogen and oxygen atoms in total. The van der Waals surface area contributed by atoms with Gasteiger partial charge in [-0.3, -0.25) is 4.98 Å². The standard InChI is InChI=1S/C23H21F3N8O/c1-12-13(2)31-21-20(30-12)19(15-4-5-18(29-8-15)23(24,25)26)32-22(33-21)34-6-7-35-17(11-34)16-9-27-14(3)28-10-16/h4-5,8-10,17H,6-7,11H2,1-3H3/t17-/m1/s1. The predicted octanol–water partition coefficient (Wildman–Crippen LogP) is 3.79. The Balaban J connectivity index is 1.57. The molecule has 180 valence electrons. The molecule has 0 bridgehead atoms. The average molecular weight is 482 g/mol. The highest BCUT2D eigenvalue weighted by Gasteiger charge is 2.32. The van der Waals surface area contributed by atoms with E-state index in [1.807, 2.05) is 18.7 Å². The Morgan fingerprint density at radius 1 is 0.914 bits per heavy atom. The van der Waals surface area contributed by atoms with E-state index in [0.717, 1.165) is 17.8 Å². The fraction of sp³-hybridized carbons (Fsp3) is 0.348. The molecule has 5 rings (SSSR count). The topological polar surface area (TPSA) is 103 Å². The van der Waals surface area contributed by atoms with Gasteiger partial charge < -0.3 is 9.64 Å². The normalized spacial score (nSPS) is 16.6. The molecule has 1 fully saturated rings. The van der Waals surface area contributed by atoms with Crippen LogP contribution in [-0.4, -0.2) is 54.6 Å². The molecule has 0 aliphatic carbocycles. The Morgan fingerprint density at radius 3 is 2.34 bits per heavy atom. The molecule has 1 saturated heterocycles. The minimum absolute atomic E-state index is 0.286. The Labute approximate surface area is 198 Å². The number of morpholine rings is 1.